The molecule has 1 fully saturated rings. The molecule has 0 aliphatic carbocycles. The molecule has 1 saturated heterocycles. The summed E-state index contributed by atoms with van der Waals surface area (Å²) in [6, 6.07) is 14.3. The quantitative estimate of drug-likeness (QED) is 0.493. The van der Waals surface area contributed by atoms with Crippen molar-refractivity contribution >= 4 is 11.8 Å². The van der Waals surface area contributed by atoms with Crippen LogP contribution in [0.25, 0.3) is 0 Å². The Morgan fingerprint density at radius 3 is 2.44 bits per heavy atom. The van der Waals surface area contributed by atoms with Crippen LogP contribution in [0.4, 0.5) is 4.39 Å². The molecule has 7 nitrogen and oxygen atoms in total. The first-order chi connectivity index (χ1) is 16.3. The molecule has 0 unspecified atom stereocenters. The first-order valence-electron chi connectivity index (χ1n) is 11.7. The van der Waals surface area contributed by atoms with Gasteiger partial charge in [-0.2, -0.15) is 0 Å². The number of benzene rings is 2. The summed E-state index contributed by atoms with van der Waals surface area (Å²) in [5.41, 5.74) is -0.322. The van der Waals surface area contributed by atoms with Crippen molar-refractivity contribution in [3.05, 3.63) is 66.0 Å². The van der Waals surface area contributed by atoms with Gasteiger partial charge in [0, 0.05) is 26.1 Å². The van der Waals surface area contributed by atoms with Crippen molar-refractivity contribution in [2.45, 2.75) is 38.3 Å². The largest absolute Gasteiger partial charge is 0.478 e. The van der Waals surface area contributed by atoms with Gasteiger partial charge in [0.2, 0.25) is 5.91 Å². The van der Waals surface area contributed by atoms with Crippen molar-refractivity contribution in [1.29, 1.82) is 0 Å². The van der Waals surface area contributed by atoms with Crippen LogP contribution in [0.3, 0.4) is 0 Å². The van der Waals surface area contributed by atoms with Crippen molar-refractivity contribution in [1.82, 2.24) is 15.5 Å². The van der Waals surface area contributed by atoms with Crippen LogP contribution in [0.5, 0.6) is 5.75 Å². The molecule has 1 aliphatic rings. The van der Waals surface area contributed by atoms with Gasteiger partial charge in [0.15, 0.2) is 5.60 Å². The van der Waals surface area contributed by atoms with Gasteiger partial charge in [-0.3, -0.25) is 14.5 Å². The van der Waals surface area contributed by atoms with E-state index in [9.17, 15) is 14.0 Å². The third-order valence-corrected chi connectivity index (χ3v) is 5.69. The Morgan fingerprint density at radius 2 is 1.76 bits per heavy atom. The Hall–Kier alpha value is -2.97. The minimum atomic E-state index is -1.26. The summed E-state index contributed by atoms with van der Waals surface area (Å²) in [6.45, 7) is 7.94. The van der Waals surface area contributed by atoms with Gasteiger partial charge in [0.05, 0.1) is 13.2 Å². The second-order valence-corrected chi connectivity index (χ2v) is 8.88. The summed E-state index contributed by atoms with van der Waals surface area (Å²) < 4.78 is 24.3. The molecule has 0 aromatic heterocycles. The zero-order valence-electron chi connectivity index (χ0n) is 19.9. The molecule has 2 aromatic carbocycles. The van der Waals surface area contributed by atoms with Crippen molar-refractivity contribution < 1.29 is 23.5 Å². The minimum absolute atomic E-state index is 0.239. The zero-order chi connectivity index (χ0) is 24.4. The van der Waals surface area contributed by atoms with E-state index in [2.05, 4.69) is 15.5 Å². The van der Waals surface area contributed by atoms with Crippen molar-refractivity contribution in [3.8, 4) is 5.75 Å². The predicted octanol–water partition coefficient (Wildman–Crippen LogP) is 2.55. The molecule has 0 bridgehead atoms. The lowest BCUT2D eigenvalue weighted by Gasteiger charge is -2.28. The maximum Gasteiger partial charge on any atom is 0.264 e. The topological polar surface area (TPSA) is 79.9 Å². The molecule has 2 amide bonds. The summed E-state index contributed by atoms with van der Waals surface area (Å²) in [5.74, 6) is -0.686. The normalized spacial score (nSPS) is 15.4. The number of hydrogen-bond acceptors (Lipinski definition) is 5. The van der Waals surface area contributed by atoms with E-state index in [1.807, 2.05) is 30.3 Å². The lowest BCUT2D eigenvalue weighted by atomic mass is 10.0. The number of hydrogen-bond donors (Lipinski definition) is 2. The highest BCUT2D eigenvalue weighted by molar-refractivity contribution is 5.91. The highest BCUT2D eigenvalue weighted by Crippen LogP contribution is 2.19. The maximum atomic E-state index is 13.2. The highest BCUT2D eigenvalue weighted by atomic mass is 19.1. The molecule has 2 N–H and O–H groups in total. The number of carbonyl (C=O) groups is 2. The zero-order valence-corrected chi connectivity index (χ0v) is 19.9. The third-order valence-electron chi connectivity index (χ3n) is 5.69. The average Bonchev–Trinajstić information content (AvgIpc) is 2.84. The van der Waals surface area contributed by atoms with E-state index in [-0.39, 0.29) is 11.7 Å². The number of morpholine rings is 1. The van der Waals surface area contributed by atoms with Crippen LogP contribution in [-0.2, 0) is 20.7 Å². The standard InChI is InChI=1S/C26H34FN3O4/c1-26(2,34-22-11-9-21(27)10-12-22)25(32)29-23(19-20-7-4-3-5-8-20)24(31)28-13-6-14-30-15-17-33-18-16-30/h3-5,7-12,23H,6,13-19H2,1-2H3,(H,28,31)(H,29,32)/t23-/m1/s1. The number of nitrogens with one attached hydrogen (secondary N) is 2. The van der Waals surface area contributed by atoms with Crippen LogP contribution in [0.2, 0.25) is 0 Å². The summed E-state index contributed by atoms with van der Waals surface area (Å²) in [7, 11) is 0. The Bertz CT molecular complexity index is 915. The molecule has 1 atom stereocenters. The Labute approximate surface area is 200 Å². The number of halogens is 1. The van der Waals surface area contributed by atoms with E-state index in [0.29, 0.717) is 18.7 Å². The molecular weight excluding hydrogens is 437 g/mol. The monoisotopic (exact) mass is 471 g/mol. The van der Waals surface area contributed by atoms with Crippen molar-refractivity contribution in [3.63, 3.8) is 0 Å². The Morgan fingerprint density at radius 1 is 1.09 bits per heavy atom. The van der Waals surface area contributed by atoms with E-state index in [1.165, 1.54) is 24.3 Å². The van der Waals surface area contributed by atoms with E-state index < -0.39 is 17.6 Å². The summed E-state index contributed by atoms with van der Waals surface area (Å²) >= 11 is 0. The molecule has 1 aliphatic heterocycles. The number of nitrogens with zero attached hydrogens (tertiary/aromatic N) is 1. The number of amides is 2. The van der Waals surface area contributed by atoms with Crippen LogP contribution >= 0.6 is 0 Å². The molecular formula is C26H34FN3O4. The molecule has 8 heteroatoms. The molecule has 0 radical (unpaired) electrons. The fourth-order valence-corrected chi connectivity index (χ4v) is 3.70. The van der Waals surface area contributed by atoms with Crippen molar-refractivity contribution in [2.24, 2.45) is 0 Å². The van der Waals surface area contributed by atoms with Crippen LogP contribution in [-0.4, -0.2) is 67.7 Å². The number of carbonyl (C=O) groups excluding carboxylic acids is 2. The van der Waals surface area contributed by atoms with Gasteiger partial charge >= 0.3 is 0 Å². The smallest absolute Gasteiger partial charge is 0.264 e. The van der Waals surface area contributed by atoms with Gasteiger partial charge in [0.25, 0.3) is 5.91 Å². The molecule has 0 spiro atoms. The highest BCUT2D eigenvalue weighted by Gasteiger charge is 2.33. The van der Waals surface area contributed by atoms with E-state index in [1.54, 1.807) is 13.8 Å². The lowest BCUT2D eigenvalue weighted by molar-refractivity contribution is -0.137. The van der Waals surface area contributed by atoms with Gasteiger partial charge in [0.1, 0.15) is 17.6 Å². The van der Waals surface area contributed by atoms with Gasteiger partial charge in [-0.15, -0.1) is 0 Å². The molecule has 1 heterocycles. The minimum Gasteiger partial charge on any atom is -0.478 e. The van der Waals surface area contributed by atoms with Crippen LogP contribution < -0.4 is 15.4 Å². The summed E-state index contributed by atoms with van der Waals surface area (Å²) in [6.07, 6.45) is 1.17. The second-order valence-electron chi connectivity index (χ2n) is 8.88. The SMILES string of the molecule is CC(C)(Oc1ccc(F)cc1)C(=O)N[C@H](Cc1ccccc1)C(=O)NCCCN1CCOCC1. The number of rotatable bonds is 11. The fraction of sp³-hybridized carbons (Fsp3) is 0.462. The van der Waals surface area contributed by atoms with E-state index in [0.717, 1.165) is 44.8 Å². The van der Waals surface area contributed by atoms with Crippen LogP contribution in [0, 0.1) is 5.82 Å². The van der Waals surface area contributed by atoms with Gasteiger partial charge in [-0.1, -0.05) is 30.3 Å². The van der Waals surface area contributed by atoms with Crippen molar-refractivity contribution in [2.75, 3.05) is 39.4 Å². The maximum absolute atomic E-state index is 13.2. The lowest BCUT2D eigenvalue weighted by Crippen LogP contribution is -2.55. The molecule has 34 heavy (non-hydrogen) atoms. The molecule has 3 rings (SSSR count). The number of ether oxygens (including phenoxy) is 2. The second kappa shape index (κ2) is 12.5. The fourth-order valence-electron chi connectivity index (χ4n) is 3.70. The molecule has 0 saturated carbocycles. The summed E-state index contributed by atoms with van der Waals surface area (Å²) in [5, 5.41) is 5.81. The van der Waals surface area contributed by atoms with Gasteiger partial charge < -0.3 is 20.1 Å². The van der Waals surface area contributed by atoms with Crippen LogP contribution in [0.15, 0.2) is 54.6 Å². The Kier molecular flexibility index (Phi) is 9.42. The molecule has 184 valence electrons. The van der Waals surface area contributed by atoms with Gasteiger partial charge in [-0.05, 0) is 56.6 Å². The first kappa shape index (κ1) is 25.6. The third kappa shape index (κ3) is 8.11. The Balaban J connectivity index is 1.58. The average molecular weight is 472 g/mol. The summed E-state index contributed by atoms with van der Waals surface area (Å²) in [4.78, 5) is 28.4. The van der Waals surface area contributed by atoms with E-state index >= 15 is 0 Å². The predicted molar refractivity (Wildman–Crippen MR) is 128 cm³/mol. The first-order valence-corrected chi connectivity index (χ1v) is 11.7. The van der Waals surface area contributed by atoms with Crippen LogP contribution in [0.1, 0.15) is 25.8 Å². The van der Waals surface area contributed by atoms with Gasteiger partial charge in [-0.25, -0.2) is 4.39 Å². The van der Waals surface area contributed by atoms with E-state index in [4.69, 9.17) is 9.47 Å². The molecule has 2 aromatic rings.